The minimum Gasteiger partial charge on any atom is -0.493 e. The molecule has 1 N–H and O–H groups in total. The smallest absolute Gasteiger partial charge is 0.337 e. The van der Waals surface area contributed by atoms with Gasteiger partial charge in [0.2, 0.25) is 5.78 Å². The Hall–Kier alpha value is -3.28. The Morgan fingerprint density at radius 2 is 1.81 bits per heavy atom. The molecule has 0 aliphatic carbocycles. The maximum atomic E-state index is 12.8. The van der Waals surface area contributed by atoms with Gasteiger partial charge in [-0.2, -0.15) is 0 Å². The number of carbonyl (C=O) groups excluding carboxylic acids is 2. The summed E-state index contributed by atoms with van der Waals surface area (Å²) in [7, 11) is 2.77. The van der Waals surface area contributed by atoms with Gasteiger partial charge in [0, 0.05) is 22.7 Å². The first-order valence-electron chi connectivity index (χ1n) is 8.08. The van der Waals surface area contributed by atoms with Gasteiger partial charge in [-0.05, 0) is 31.2 Å². The third-order valence-electron chi connectivity index (χ3n) is 4.11. The van der Waals surface area contributed by atoms with E-state index in [1.165, 1.54) is 20.3 Å². The van der Waals surface area contributed by atoms with Crippen molar-refractivity contribution in [2.75, 3.05) is 14.2 Å². The topological polar surface area (TPSA) is 77.6 Å². The molecule has 0 saturated heterocycles. The molecule has 0 fully saturated rings. The standard InChI is InChI=1S/C20H19NO5/c1-12(19(22)15-11-21-16-7-5-4-6-14(15)16)26-17-9-8-13(20(23)25-3)10-18(17)24-2/h4-12,21H,1-3H3/t12-/m0/s1. The number of esters is 1. The molecule has 6 heteroatoms. The zero-order valence-corrected chi connectivity index (χ0v) is 14.7. The molecule has 1 atom stereocenters. The SMILES string of the molecule is COC(=O)c1ccc(O[C@@H](C)C(=O)c2c[nH]c3ccccc23)c(OC)c1. The molecule has 3 rings (SSSR count). The van der Waals surface area contributed by atoms with Gasteiger partial charge in [-0.25, -0.2) is 4.79 Å². The van der Waals surface area contributed by atoms with Gasteiger partial charge < -0.3 is 19.2 Å². The number of ether oxygens (including phenoxy) is 3. The molecule has 1 heterocycles. The molecule has 0 bridgehead atoms. The monoisotopic (exact) mass is 353 g/mol. The van der Waals surface area contributed by atoms with Crippen LogP contribution in [-0.4, -0.2) is 37.1 Å². The second kappa shape index (κ2) is 7.31. The Labute approximate surface area is 150 Å². The van der Waals surface area contributed by atoms with Crippen molar-refractivity contribution < 1.29 is 23.8 Å². The van der Waals surface area contributed by atoms with E-state index in [4.69, 9.17) is 14.2 Å². The van der Waals surface area contributed by atoms with E-state index in [1.54, 1.807) is 25.3 Å². The van der Waals surface area contributed by atoms with Gasteiger partial charge in [-0.3, -0.25) is 4.79 Å². The normalized spacial score (nSPS) is 11.8. The van der Waals surface area contributed by atoms with Gasteiger partial charge in [0.25, 0.3) is 0 Å². The Morgan fingerprint density at radius 3 is 2.54 bits per heavy atom. The molecular formula is C20H19NO5. The van der Waals surface area contributed by atoms with E-state index in [-0.39, 0.29) is 5.78 Å². The van der Waals surface area contributed by atoms with Crippen LogP contribution in [0.4, 0.5) is 0 Å². The molecule has 0 unspecified atom stereocenters. The van der Waals surface area contributed by atoms with Crippen molar-refractivity contribution in [1.29, 1.82) is 0 Å². The van der Waals surface area contributed by atoms with E-state index >= 15 is 0 Å². The summed E-state index contributed by atoms with van der Waals surface area (Å²) in [6.07, 6.45) is 0.955. The average molecular weight is 353 g/mol. The number of ketones is 1. The number of aromatic nitrogens is 1. The number of fused-ring (bicyclic) bond motifs is 1. The number of rotatable bonds is 6. The van der Waals surface area contributed by atoms with Crippen LogP contribution in [0, 0.1) is 0 Å². The molecule has 0 radical (unpaired) electrons. The number of methoxy groups -OCH3 is 2. The van der Waals surface area contributed by atoms with Crippen molar-refractivity contribution >= 4 is 22.7 Å². The number of hydrogen-bond acceptors (Lipinski definition) is 5. The number of benzene rings is 2. The van der Waals surface area contributed by atoms with Gasteiger partial charge in [0.05, 0.1) is 19.8 Å². The molecule has 1 aromatic heterocycles. The molecule has 134 valence electrons. The summed E-state index contributed by atoms with van der Waals surface area (Å²) in [6, 6.07) is 12.2. The third kappa shape index (κ3) is 3.26. The fourth-order valence-electron chi connectivity index (χ4n) is 2.75. The summed E-state index contributed by atoms with van der Waals surface area (Å²) >= 11 is 0. The van der Waals surface area contributed by atoms with Crippen LogP contribution in [0.15, 0.2) is 48.7 Å². The minimum atomic E-state index is -0.730. The van der Waals surface area contributed by atoms with Crippen LogP contribution >= 0.6 is 0 Å². The number of hydrogen-bond donors (Lipinski definition) is 1. The third-order valence-corrected chi connectivity index (χ3v) is 4.11. The van der Waals surface area contributed by atoms with E-state index in [2.05, 4.69) is 4.98 Å². The summed E-state index contributed by atoms with van der Waals surface area (Å²) < 4.78 is 15.8. The van der Waals surface area contributed by atoms with Crippen LogP contribution in [0.1, 0.15) is 27.6 Å². The highest BCUT2D eigenvalue weighted by Crippen LogP contribution is 2.30. The van der Waals surface area contributed by atoms with Gasteiger partial charge in [0.1, 0.15) is 0 Å². The number of aromatic amines is 1. The minimum absolute atomic E-state index is 0.151. The summed E-state index contributed by atoms with van der Waals surface area (Å²) in [4.78, 5) is 27.5. The fraction of sp³-hybridized carbons (Fsp3) is 0.200. The molecule has 0 aliphatic heterocycles. The number of nitrogens with one attached hydrogen (secondary N) is 1. The first-order valence-corrected chi connectivity index (χ1v) is 8.08. The number of carbonyl (C=O) groups is 2. The number of H-pyrrole nitrogens is 1. The molecule has 0 saturated carbocycles. The first-order chi connectivity index (χ1) is 12.5. The van der Waals surface area contributed by atoms with Crippen molar-refractivity contribution in [1.82, 2.24) is 4.98 Å². The Morgan fingerprint density at radius 1 is 1.04 bits per heavy atom. The molecule has 26 heavy (non-hydrogen) atoms. The lowest BCUT2D eigenvalue weighted by Crippen LogP contribution is -2.24. The fourth-order valence-corrected chi connectivity index (χ4v) is 2.75. The van der Waals surface area contributed by atoms with Crippen LogP contribution < -0.4 is 9.47 Å². The highest BCUT2D eigenvalue weighted by molar-refractivity contribution is 6.09. The van der Waals surface area contributed by atoms with Crippen molar-refractivity contribution in [3.05, 3.63) is 59.8 Å². The lowest BCUT2D eigenvalue weighted by atomic mass is 10.1. The van der Waals surface area contributed by atoms with Crippen molar-refractivity contribution in [3.63, 3.8) is 0 Å². The lowest BCUT2D eigenvalue weighted by Gasteiger charge is -2.16. The maximum absolute atomic E-state index is 12.8. The maximum Gasteiger partial charge on any atom is 0.337 e. The zero-order valence-electron chi connectivity index (χ0n) is 14.7. The van der Waals surface area contributed by atoms with Crippen molar-refractivity contribution in [2.45, 2.75) is 13.0 Å². The molecule has 2 aromatic carbocycles. The molecular weight excluding hydrogens is 334 g/mol. The van der Waals surface area contributed by atoms with Gasteiger partial charge in [-0.15, -0.1) is 0 Å². The summed E-state index contributed by atoms with van der Waals surface area (Å²) in [5.74, 6) is 0.103. The average Bonchev–Trinajstić information content (AvgIpc) is 3.11. The van der Waals surface area contributed by atoms with Crippen LogP contribution in [0.25, 0.3) is 10.9 Å². The van der Waals surface area contributed by atoms with Gasteiger partial charge >= 0.3 is 5.97 Å². The summed E-state index contributed by atoms with van der Waals surface area (Å²) in [5, 5.41) is 0.848. The highest BCUT2D eigenvalue weighted by atomic mass is 16.5. The van der Waals surface area contributed by atoms with E-state index < -0.39 is 12.1 Å². The quantitative estimate of drug-likeness (QED) is 0.541. The second-order valence-electron chi connectivity index (χ2n) is 5.73. The second-order valence-corrected chi connectivity index (χ2v) is 5.73. The van der Waals surface area contributed by atoms with E-state index in [9.17, 15) is 9.59 Å². The van der Waals surface area contributed by atoms with Crippen LogP contribution in [0.3, 0.4) is 0 Å². The summed E-state index contributed by atoms with van der Waals surface area (Å²) in [6.45, 7) is 1.68. The molecule has 0 aliphatic rings. The van der Waals surface area contributed by atoms with Gasteiger partial charge in [-0.1, -0.05) is 18.2 Å². The first kappa shape index (κ1) is 17.5. The van der Waals surface area contributed by atoms with E-state index in [1.807, 2.05) is 24.3 Å². The van der Waals surface area contributed by atoms with Crippen molar-refractivity contribution in [3.8, 4) is 11.5 Å². The molecule has 6 nitrogen and oxygen atoms in total. The summed E-state index contributed by atoms with van der Waals surface area (Å²) in [5.41, 5.74) is 1.80. The molecule has 0 amide bonds. The Bertz CT molecular complexity index is 960. The number of para-hydroxylation sites is 1. The predicted molar refractivity (Wildman–Crippen MR) is 97.1 cm³/mol. The lowest BCUT2D eigenvalue weighted by molar-refractivity contribution is 0.0599. The zero-order chi connectivity index (χ0) is 18.7. The van der Waals surface area contributed by atoms with E-state index in [0.29, 0.717) is 22.6 Å². The van der Waals surface area contributed by atoms with Crippen LogP contribution in [-0.2, 0) is 4.74 Å². The molecule has 0 spiro atoms. The predicted octanol–water partition coefficient (Wildman–Crippen LogP) is 3.61. The number of Topliss-reactive ketones (excluding diaryl/α,β-unsaturated/α-hetero) is 1. The Kier molecular flexibility index (Phi) is 4.93. The largest absolute Gasteiger partial charge is 0.493 e. The van der Waals surface area contributed by atoms with Crippen LogP contribution in [0.5, 0.6) is 11.5 Å². The van der Waals surface area contributed by atoms with Crippen molar-refractivity contribution in [2.24, 2.45) is 0 Å². The van der Waals surface area contributed by atoms with Crippen LogP contribution in [0.2, 0.25) is 0 Å². The highest BCUT2D eigenvalue weighted by Gasteiger charge is 2.22. The molecule has 3 aromatic rings. The Balaban J connectivity index is 1.84. The van der Waals surface area contributed by atoms with Gasteiger partial charge in [0.15, 0.2) is 17.6 Å². The van der Waals surface area contributed by atoms with E-state index in [0.717, 1.165) is 10.9 Å².